The first-order chi connectivity index (χ1) is 14.6. The number of para-hydroxylation sites is 2. The molecule has 0 saturated carbocycles. The van der Waals surface area contributed by atoms with E-state index in [2.05, 4.69) is 27.5 Å². The molecule has 0 fully saturated rings. The van der Waals surface area contributed by atoms with Gasteiger partial charge in [-0.05, 0) is 24.1 Å². The summed E-state index contributed by atoms with van der Waals surface area (Å²) in [7, 11) is 1.67. The molecule has 3 heterocycles. The topological polar surface area (TPSA) is 89.4 Å². The van der Waals surface area contributed by atoms with Crippen molar-refractivity contribution in [2.24, 2.45) is 0 Å². The van der Waals surface area contributed by atoms with Gasteiger partial charge in [-0.3, -0.25) is 9.59 Å². The molecule has 1 unspecified atom stereocenters. The van der Waals surface area contributed by atoms with E-state index in [1.165, 1.54) is 4.90 Å². The molecule has 152 valence electrons. The van der Waals surface area contributed by atoms with Crippen LogP contribution in [0.1, 0.15) is 34.5 Å². The number of benzene rings is 2. The van der Waals surface area contributed by atoms with Gasteiger partial charge < -0.3 is 15.0 Å². The summed E-state index contributed by atoms with van der Waals surface area (Å²) in [6, 6.07) is 16.6. The molecule has 8 nitrogen and oxygen atoms in total. The molecule has 2 atom stereocenters. The molecule has 5 rings (SSSR count). The minimum Gasteiger partial charge on any atom is -0.489 e. The highest BCUT2D eigenvalue weighted by Crippen LogP contribution is 2.31. The van der Waals surface area contributed by atoms with Gasteiger partial charge in [0.15, 0.2) is 0 Å². The van der Waals surface area contributed by atoms with Crippen LogP contribution in [-0.4, -0.2) is 46.3 Å². The molecule has 2 aromatic carbocycles. The fourth-order valence-corrected chi connectivity index (χ4v) is 4.02. The Bertz CT molecular complexity index is 1110. The Morgan fingerprint density at radius 3 is 2.73 bits per heavy atom. The van der Waals surface area contributed by atoms with Crippen molar-refractivity contribution in [3.8, 4) is 5.75 Å². The van der Waals surface area contributed by atoms with Gasteiger partial charge in [-0.25, -0.2) is 9.67 Å². The second-order valence-electron chi connectivity index (χ2n) is 7.46. The minimum absolute atomic E-state index is 0.0478. The van der Waals surface area contributed by atoms with Gasteiger partial charge in [-0.15, -0.1) is 5.10 Å². The summed E-state index contributed by atoms with van der Waals surface area (Å²) in [5.74, 6) is 0.729. The van der Waals surface area contributed by atoms with E-state index in [0.717, 1.165) is 24.2 Å². The quantitative estimate of drug-likeness (QED) is 0.722. The predicted molar refractivity (Wildman–Crippen MR) is 110 cm³/mol. The maximum absolute atomic E-state index is 12.8. The molecule has 0 spiro atoms. The lowest BCUT2D eigenvalue weighted by atomic mass is 10.1. The van der Waals surface area contributed by atoms with Crippen molar-refractivity contribution in [3.05, 3.63) is 71.8 Å². The Morgan fingerprint density at radius 1 is 1.13 bits per heavy atom. The Balaban J connectivity index is 1.34. The number of amides is 2. The number of hydrogen-bond donors (Lipinski definition) is 1. The number of hydrogen-bond acceptors (Lipinski definition) is 5. The standard InChI is InChI=1S/C22H21N5O3/c1-26-17-9-5-6-10-18(17)30-13-15(22(26)29)23-21(28)20-24-19-12-11-16(27(19)25-20)14-7-3-2-4-8-14/h2-10,15-16H,11-13H2,1H3,(H,23,28)/t15?,16-/m0/s1. The van der Waals surface area contributed by atoms with Crippen LogP contribution in [0, 0.1) is 0 Å². The van der Waals surface area contributed by atoms with Gasteiger partial charge in [0, 0.05) is 13.5 Å². The fourth-order valence-electron chi connectivity index (χ4n) is 4.02. The maximum atomic E-state index is 12.8. The smallest absolute Gasteiger partial charge is 0.291 e. The van der Waals surface area contributed by atoms with Crippen LogP contribution in [0.4, 0.5) is 5.69 Å². The fraction of sp³-hybridized carbons (Fsp3) is 0.273. The first-order valence-electron chi connectivity index (χ1n) is 9.92. The summed E-state index contributed by atoms with van der Waals surface area (Å²) in [6.45, 7) is 0.0478. The third kappa shape index (κ3) is 3.10. The first kappa shape index (κ1) is 18.4. The zero-order chi connectivity index (χ0) is 20.7. The molecular formula is C22H21N5O3. The summed E-state index contributed by atoms with van der Waals surface area (Å²) >= 11 is 0. The summed E-state index contributed by atoms with van der Waals surface area (Å²) in [5, 5.41) is 7.19. The van der Waals surface area contributed by atoms with Crippen molar-refractivity contribution >= 4 is 17.5 Å². The molecule has 3 aromatic rings. The number of likely N-dealkylation sites (N-methyl/N-ethyl adjacent to an activating group) is 1. The second-order valence-corrected chi connectivity index (χ2v) is 7.46. The minimum atomic E-state index is -0.821. The van der Waals surface area contributed by atoms with Crippen LogP contribution in [0.25, 0.3) is 0 Å². The van der Waals surface area contributed by atoms with Crippen molar-refractivity contribution in [3.63, 3.8) is 0 Å². The number of nitrogens with one attached hydrogen (secondary N) is 1. The zero-order valence-corrected chi connectivity index (χ0v) is 16.5. The highest BCUT2D eigenvalue weighted by Gasteiger charge is 2.33. The van der Waals surface area contributed by atoms with E-state index < -0.39 is 11.9 Å². The average Bonchev–Trinajstić information content (AvgIpc) is 3.34. The third-order valence-corrected chi connectivity index (χ3v) is 5.59. The molecular weight excluding hydrogens is 382 g/mol. The van der Waals surface area contributed by atoms with Crippen LogP contribution in [0.3, 0.4) is 0 Å². The van der Waals surface area contributed by atoms with Gasteiger partial charge in [0.2, 0.25) is 5.82 Å². The summed E-state index contributed by atoms with van der Waals surface area (Å²) in [4.78, 5) is 31.6. The van der Waals surface area contributed by atoms with Crippen molar-refractivity contribution in [2.75, 3.05) is 18.6 Å². The summed E-state index contributed by atoms with van der Waals surface area (Å²) in [6.07, 6.45) is 1.66. The predicted octanol–water partition coefficient (Wildman–Crippen LogP) is 1.97. The number of rotatable bonds is 3. The van der Waals surface area contributed by atoms with E-state index in [4.69, 9.17) is 4.74 Å². The van der Waals surface area contributed by atoms with Gasteiger partial charge in [0.1, 0.15) is 24.2 Å². The second kappa shape index (κ2) is 7.29. The molecule has 0 radical (unpaired) electrons. The van der Waals surface area contributed by atoms with E-state index >= 15 is 0 Å². The van der Waals surface area contributed by atoms with E-state index in [1.54, 1.807) is 13.1 Å². The van der Waals surface area contributed by atoms with Gasteiger partial charge in [0.25, 0.3) is 11.8 Å². The van der Waals surface area contributed by atoms with Crippen LogP contribution in [-0.2, 0) is 11.2 Å². The van der Waals surface area contributed by atoms with Crippen LogP contribution < -0.4 is 15.0 Å². The van der Waals surface area contributed by atoms with Gasteiger partial charge in [-0.2, -0.15) is 0 Å². The van der Waals surface area contributed by atoms with Crippen molar-refractivity contribution in [1.82, 2.24) is 20.1 Å². The van der Waals surface area contributed by atoms with Crippen LogP contribution in [0.2, 0.25) is 0 Å². The zero-order valence-electron chi connectivity index (χ0n) is 16.5. The van der Waals surface area contributed by atoms with Gasteiger partial charge in [0.05, 0.1) is 11.7 Å². The van der Waals surface area contributed by atoms with Crippen LogP contribution in [0.5, 0.6) is 5.75 Å². The Labute approximate surface area is 173 Å². The van der Waals surface area contributed by atoms with Crippen molar-refractivity contribution in [2.45, 2.75) is 24.9 Å². The van der Waals surface area contributed by atoms with Crippen molar-refractivity contribution < 1.29 is 14.3 Å². The summed E-state index contributed by atoms with van der Waals surface area (Å²) < 4.78 is 7.57. The molecule has 0 bridgehead atoms. The number of aryl methyl sites for hydroxylation is 1. The first-order valence-corrected chi connectivity index (χ1v) is 9.92. The number of ether oxygens (including phenoxy) is 1. The SMILES string of the molecule is CN1C(=O)C(NC(=O)c2nc3n(n2)[C@H](c2ccccc2)CC3)COc2ccccc21. The largest absolute Gasteiger partial charge is 0.489 e. The third-order valence-electron chi connectivity index (χ3n) is 5.59. The van der Waals surface area contributed by atoms with E-state index in [1.807, 2.05) is 41.1 Å². The molecule has 0 aliphatic carbocycles. The van der Waals surface area contributed by atoms with Crippen molar-refractivity contribution in [1.29, 1.82) is 0 Å². The molecule has 2 amide bonds. The van der Waals surface area contributed by atoms with Gasteiger partial charge >= 0.3 is 0 Å². The number of carbonyl (C=O) groups excluding carboxylic acids is 2. The van der Waals surface area contributed by atoms with Crippen LogP contribution in [0.15, 0.2) is 54.6 Å². The monoisotopic (exact) mass is 403 g/mol. The molecule has 2 aliphatic heterocycles. The van der Waals surface area contributed by atoms with Gasteiger partial charge in [-0.1, -0.05) is 42.5 Å². The normalized spacial score (nSPS) is 20.2. The molecule has 1 N–H and O–H groups in total. The van der Waals surface area contributed by atoms with E-state index in [9.17, 15) is 9.59 Å². The lowest BCUT2D eigenvalue weighted by Gasteiger charge is -2.19. The molecule has 30 heavy (non-hydrogen) atoms. The Morgan fingerprint density at radius 2 is 1.90 bits per heavy atom. The highest BCUT2D eigenvalue weighted by molar-refractivity contribution is 6.02. The van der Waals surface area contributed by atoms with E-state index in [0.29, 0.717) is 11.4 Å². The summed E-state index contributed by atoms with van der Waals surface area (Å²) in [5.41, 5.74) is 1.81. The Kier molecular flexibility index (Phi) is 4.46. The maximum Gasteiger partial charge on any atom is 0.291 e. The molecule has 1 aromatic heterocycles. The molecule has 0 saturated heterocycles. The number of carbonyl (C=O) groups is 2. The van der Waals surface area contributed by atoms with Crippen LogP contribution >= 0.6 is 0 Å². The Hall–Kier alpha value is -3.68. The average molecular weight is 403 g/mol. The lowest BCUT2D eigenvalue weighted by Crippen LogP contribution is -2.49. The number of aromatic nitrogens is 3. The number of nitrogens with zero attached hydrogens (tertiary/aromatic N) is 4. The number of anilines is 1. The molecule has 2 aliphatic rings. The lowest BCUT2D eigenvalue weighted by molar-refractivity contribution is -0.120. The number of fused-ring (bicyclic) bond motifs is 2. The highest BCUT2D eigenvalue weighted by atomic mass is 16.5. The van der Waals surface area contributed by atoms with E-state index in [-0.39, 0.29) is 24.4 Å². The molecule has 8 heteroatoms.